The number of hydrogen-bond acceptors (Lipinski definition) is 3. The van der Waals surface area contributed by atoms with E-state index in [0.717, 1.165) is 41.0 Å². The number of halogens is 1. The number of para-hydroxylation sites is 1. The fourth-order valence-corrected chi connectivity index (χ4v) is 4.48. The third kappa shape index (κ3) is 4.83. The zero-order valence-corrected chi connectivity index (χ0v) is 19.9. The summed E-state index contributed by atoms with van der Waals surface area (Å²) in [7, 11) is 0. The number of carbonyl (C=O) groups excluding carboxylic acids is 1. The second-order valence-corrected chi connectivity index (χ2v) is 9.79. The van der Waals surface area contributed by atoms with Gasteiger partial charge in [0.25, 0.3) is 0 Å². The first-order valence-corrected chi connectivity index (χ1v) is 11.5. The maximum absolute atomic E-state index is 12.5. The van der Waals surface area contributed by atoms with Gasteiger partial charge in [0.1, 0.15) is 5.60 Å². The molecule has 1 aromatic heterocycles. The van der Waals surface area contributed by atoms with Crippen LogP contribution in [-0.2, 0) is 4.74 Å². The second-order valence-electron chi connectivity index (χ2n) is 9.36. The van der Waals surface area contributed by atoms with Crippen molar-refractivity contribution < 1.29 is 9.53 Å². The maximum atomic E-state index is 12.5. The van der Waals surface area contributed by atoms with Gasteiger partial charge in [0.2, 0.25) is 0 Å². The van der Waals surface area contributed by atoms with Crippen LogP contribution in [-0.4, -0.2) is 39.5 Å². The van der Waals surface area contributed by atoms with Crippen LogP contribution in [0.5, 0.6) is 0 Å². The van der Waals surface area contributed by atoms with Crippen LogP contribution >= 0.6 is 11.6 Å². The second kappa shape index (κ2) is 8.99. The van der Waals surface area contributed by atoms with Gasteiger partial charge in [-0.15, -0.1) is 0 Å². The first-order chi connectivity index (χ1) is 15.2. The van der Waals surface area contributed by atoms with Crippen molar-refractivity contribution in [1.29, 1.82) is 0 Å². The smallest absolute Gasteiger partial charge is 0.410 e. The molecule has 5 nitrogen and oxygen atoms in total. The molecule has 0 spiro atoms. The van der Waals surface area contributed by atoms with E-state index in [1.54, 1.807) is 0 Å². The third-order valence-electron chi connectivity index (χ3n) is 5.79. The molecular formula is C26H30ClN3O2. The van der Waals surface area contributed by atoms with E-state index in [9.17, 15) is 4.79 Å². The van der Waals surface area contributed by atoms with E-state index < -0.39 is 5.60 Å². The predicted octanol–water partition coefficient (Wildman–Crippen LogP) is 6.62. The summed E-state index contributed by atoms with van der Waals surface area (Å²) < 4.78 is 7.57. The number of likely N-dealkylation sites (tertiary alicyclic amines) is 1. The Hall–Kier alpha value is -2.79. The summed E-state index contributed by atoms with van der Waals surface area (Å²) in [4.78, 5) is 14.3. The van der Waals surface area contributed by atoms with Crippen LogP contribution in [0.3, 0.4) is 0 Å². The SMILES string of the molecule is Cc1c(C2CCN(C(=O)OC(C)(C)C)CC2)nn(-c2ccccc2)c1-c1cccc(Cl)c1. The van der Waals surface area contributed by atoms with Crippen LogP contribution in [0.1, 0.15) is 50.8 Å². The maximum Gasteiger partial charge on any atom is 0.410 e. The van der Waals surface area contributed by atoms with Crippen LogP contribution in [0.15, 0.2) is 54.6 Å². The van der Waals surface area contributed by atoms with E-state index in [2.05, 4.69) is 25.1 Å². The van der Waals surface area contributed by atoms with Gasteiger partial charge in [0, 0.05) is 29.6 Å². The molecule has 1 amide bonds. The number of nitrogens with zero attached hydrogens (tertiary/aromatic N) is 3. The predicted molar refractivity (Wildman–Crippen MR) is 129 cm³/mol. The molecule has 2 aromatic carbocycles. The molecule has 1 aliphatic rings. The summed E-state index contributed by atoms with van der Waals surface area (Å²) in [5, 5.41) is 5.78. The zero-order valence-electron chi connectivity index (χ0n) is 19.1. The largest absolute Gasteiger partial charge is 0.444 e. The van der Waals surface area contributed by atoms with E-state index >= 15 is 0 Å². The van der Waals surface area contributed by atoms with Crippen LogP contribution in [0.2, 0.25) is 5.02 Å². The van der Waals surface area contributed by atoms with Crippen molar-refractivity contribution in [3.05, 3.63) is 70.9 Å². The Morgan fingerprint density at radius 2 is 1.75 bits per heavy atom. The molecule has 0 atom stereocenters. The summed E-state index contributed by atoms with van der Waals surface area (Å²) in [6.07, 6.45) is 1.49. The standard InChI is InChI=1S/C26H30ClN3O2/c1-18-23(19-13-15-29(16-14-19)25(31)32-26(2,3)4)28-30(22-11-6-5-7-12-22)24(18)20-9-8-10-21(27)17-20/h5-12,17,19H,13-16H2,1-4H3. The van der Waals surface area contributed by atoms with Gasteiger partial charge in [0.15, 0.2) is 0 Å². The van der Waals surface area contributed by atoms with Crippen molar-refractivity contribution in [1.82, 2.24) is 14.7 Å². The summed E-state index contributed by atoms with van der Waals surface area (Å²) in [5.74, 6) is 0.289. The molecule has 0 radical (unpaired) electrons. The highest BCUT2D eigenvalue weighted by molar-refractivity contribution is 6.30. The molecule has 6 heteroatoms. The number of rotatable bonds is 3. The lowest BCUT2D eigenvalue weighted by Gasteiger charge is -2.33. The van der Waals surface area contributed by atoms with E-state index in [1.807, 2.05) is 66.8 Å². The Kier molecular flexibility index (Phi) is 6.29. The average molecular weight is 452 g/mol. The van der Waals surface area contributed by atoms with Crippen LogP contribution in [0, 0.1) is 6.92 Å². The molecule has 0 bridgehead atoms. The van der Waals surface area contributed by atoms with Crippen molar-refractivity contribution in [3.63, 3.8) is 0 Å². The Morgan fingerprint density at radius 1 is 1.06 bits per heavy atom. The lowest BCUT2D eigenvalue weighted by molar-refractivity contribution is 0.0204. The van der Waals surface area contributed by atoms with E-state index in [1.165, 1.54) is 0 Å². The number of hydrogen-bond donors (Lipinski definition) is 0. The zero-order chi connectivity index (χ0) is 22.9. The third-order valence-corrected chi connectivity index (χ3v) is 6.03. The highest BCUT2D eigenvalue weighted by Gasteiger charge is 2.30. The topological polar surface area (TPSA) is 47.4 Å². The first kappa shape index (κ1) is 22.4. The monoisotopic (exact) mass is 451 g/mol. The van der Waals surface area contributed by atoms with Gasteiger partial charge in [0.05, 0.1) is 17.1 Å². The molecule has 2 heterocycles. The van der Waals surface area contributed by atoms with E-state index in [-0.39, 0.29) is 12.0 Å². The van der Waals surface area contributed by atoms with Gasteiger partial charge < -0.3 is 9.64 Å². The average Bonchev–Trinajstić information content (AvgIpc) is 3.10. The molecule has 0 aliphatic carbocycles. The van der Waals surface area contributed by atoms with Crippen molar-refractivity contribution in [2.24, 2.45) is 0 Å². The normalized spacial score (nSPS) is 15.1. The molecule has 1 fully saturated rings. The highest BCUT2D eigenvalue weighted by atomic mass is 35.5. The lowest BCUT2D eigenvalue weighted by atomic mass is 9.90. The molecular weight excluding hydrogens is 422 g/mol. The van der Waals surface area contributed by atoms with E-state index in [0.29, 0.717) is 18.1 Å². The highest BCUT2D eigenvalue weighted by Crippen LogP contribution is 2.36. The van der Waals surface area contributed by atoms with Crippen molar-refractivity contribution in [3.8, 4) is 16.9 Å². The Labute approximate surface area is 194 Å². The summed E-state index contributed by atoms with van der Waals surface area (Å²) in [6.45, 7) is 9.17. The fraction of sp³-hybridized carbons (Fsp3) is 0.385. The first-order valence-electron chi connectivity index (χ1n) is 11.1. The van der Waals surface area contributed by atoms with Gasteiger partial charge in [-0.25, -0.2) is 9.48 Å². The Morgan fingerprint density at radius 3 is 2.38 bits per heavy atom. The number of carbonyl (C=O) groups is 1. The summed E-state index contributed by atoms with van der Waals surface area (Å²) in [6, 6.07) is 18.1. The summed E-state index contributed by atoms with van der Waals surface area (Å²) >= 11 is 6.31. The molecule has 1 saturated heterocycles. The van der Waals surface area contributed by atoms with Crippen molar-refractivity contribution in [2.75, 3.05) is 13.1 Å². The quantitative estimate of drug-likeness (QED) is 0.449. The number of ether oxygens (including phenoxy) is 1. The van der Waals surface area contributed by atoms with Gasteiger partial charge >= 0.3 is 6.09 Å². The number of benzene rings is 2. The van der Waals surface area contributed by atoms with Gasteiger partial charge in [-0.1, -0.05) is 41.9 Å². The molecule has 0 saturated carbocycles. The summed E-state index contributed by atoms with van der Waals surface area (Å²) in [5.41, 5.74) is 4.89. The minimum atomic E-state index is -0.481. The van der Waals surface area contributed by atoms with E-state index in [4.69, 9.17) is 21.4 Å². The van der Waals surface area contributed by atoms with Gasteiger partial charge in [-0.2, -0.15) is 5.10 Å². The van der Waals surface area contributed by atoms with Crippen molar-refractivity contribution >= 4 is 17.7 Å². The molecule has 1 aliphatic heterocycles. The molecule has 0 N–H and O–H groups in total. The fourth-order valence-electron chi connectivity index (χ4n) is 4.29. The number of aromatic nitrogens is 2. The van der Waals surface area contributed by atoms with Gasteiger partial charge in [-0.05, 0) is 70.4 Å². The Balaban J connectivity index is 1.64. The minimum Gasteiger partial charge on any atom is -0.444 e. The Bertz CT molecular complexity index is 1090. The van der Waals surface area contributed by atoms with Crippen LogP contribution in [0.25, 0.3) is 16.9 Å². The number of amides is 1. The molecule has 4 rings (SSSR count). The van der Waals surface area contributed by atoms with Gasteiger partial charge in [-0.3, -0.25) is 0 Å². The molecule has 32 heavy (non-hydrogen) atoms. The lowest BCUT2D eigenvalue weighted by Crippen LogP contribution is -2.41. The van der Waals surface area contributed by atoms with Crippen LogP contribution < -0.4 is 0 Å². The molecule has 0 unspecified atom stereocenters. The van der Waals surface area contributed by atoms with Crippen LogP contribution in [0.4, 0.5) is 4.79 Å². The minimum absolute atomic E-state index is 0.234. The molecule has 168 valence electrons. The van der Waals surface area contributed by atoms with Crippen molar-refractivity contribution in [2.45, 2.75) is 52.1 Å². The number of piperidine rings is 1. The molecule has 3 aromatic rings.